The van der Waals surface area contributed by atoms with Gasteiger partial charge in [0.2, 0.25) is 5.91 Å². The van der Waals surface area contributed by atoms with E-state index in [-0.39, 0.29) is 24.3 Å². The average molecular weight is 311 g/mol. The van der Waals surface area contributed by atoms with Gasteiger partial charge in [-0.3, -0.25) is 14.9 Å². The van der Waals surface area contributed by atoms with Crippen molar-refractivity contribution >= 4 is 11.8 Å². The third-order valence-corrected chi connectivity index (χ3v) is 3.82. The van der Waals surface area contributed by atoms with E-state index < -0.39 is 23.8 Å². The van der Waals surface area contributed by atoms with Crippen LogP contribution >= 0.6 is 0 Å². The molecule has 22 heavy (non-hydrogen) atoms. The number of imide groups is 1. The minimum Gasteiger partial charge on any atom is -0.348 e. The van der Waals surface area contributed by atoms with Crippen molar-refractivity contribution in [2.75, 3.05) is 6.61 Å². The SMILES string of the molecule is CC1(C)O[C@H]([C@H]2COC(C)(C)O2)[C@H](/C=C2\CC(=O)NC2=O)O1. The Bertz CT molecular complexity index is 538. The van der Waals surface area contributed by atoms with Crippen molar-refractivity contribution in [1.29, 1.82) is 0 Å². The average Bonchev–Trinajstić information content (AvgIpc) is 2.97. The van der Waals surface area contributed by atoms with E-state index in [1.807, 2.05) is 13.8 Å². The van der Waals surface area contributed by atoms with E-state index in [1.165, 1.54) is 0 Å². The van der Waals surface area contributed by atoms with Crippen LogP contribution in [0.15, 0.2) is 11.6 Å². The fourth-order valence-electron chi connectivity index (χ4n) is 2.95. The standard InChI is InChI=1S/C15H21NO6/c1-14(2)19-7-10(21-14)12-9(20-15(3,4)22-12)5-8-6-11(17)16-13(8)18/h5,9-10,12H,6-7H2,1-4H3,(H,16,17,18)/b8-5+/t9-,10+,12-/m0/s1. The second-order valence-electron chi connectivity index (χ2n) is 6.68. The maximum atomic E-state index is 11.7. The highest BCUT2D eigenvalue weighted by molar-refractivity contribution is 6.13. The van der Waals surface area contributed by atoms with Gasteiger partial charge >= 0.3 is 0 Å². The first-order valence-electron chi connectivity index (χ1n) is 7.37. The molecule has 0 saturated carbocycles. The summed E-state index contributed by atoms with van der Waals surface area (Å²) in [5.41, 5.74) is 0.402. The van der Waals surface area contributed by atoms with Crippen molar-refractivity contribution in [3.63, 3.8) is 0 Å². The van der Waals surface area contributed by atoms with Crippen molar-refractivity contribution in [2.45, 2.75) is 64.0 Å². The summed E-state index contributed by atoms with van der Waals surface area (Å²) in [6, 6.07) is 0. The monoisotopic (exact) mass is 311 g/mol. The molecule has 0 aromatic carbocycles. The van der Waals surface area contributed by atoms with Crippen LogP contribution < -0.4 is 5.32 Å². The maximum absolute atomic E-state index is 11.7. The molecule has 0 aliphatic carbocycles. The number of carbonyl (C=O) groups excluding carboxylic acids is 2. The Morgan fingerprint density at radius 2 is 1.82 bits per heavy atom. The van der Waals surface area contributed by atoms with Gasteiger partial charge in [-0.1, -0.05) is 0 Å². The summed E-state index contributed by atoms with van der Waals surface area (Å²) in [5.74, 6) is -2.13. The number of ether oxygens (including phenoxy) is 4. The van der Waals surface area contributed by atoms with Gasteiger partial charge in [-0.2, -0.15) is 0 Å². The van der Waals surface area contributed by atoms with Gasteiger partial charge in [0.15, 0.2) is 11.6 Å². The predicted molar refractivity (Wildman–Crippen MR) is 74.6 cm³/mol. The molecule has 2 amide bonds. The number of nitrogens with one attached hydrogen (secondary N) is 1. The number of carbonyl (C=O) groups is 2. The molecule has 3 atom stereocenters. The minimum absolute atomic E-state index is 0.0688. The molecule has 0 unspecified atom stereocenters. The molecule has 0 bridgehead atoms. The molecule has 3 fully saturated rings. The number of hydrogen-bond donors (Lipinski definition) is 1. The molecule has 7 heteroatoms. The van der Waals surface area contributed by atoms with Crippen LogP contribution in [0.2, 0.25) is 0 Å². The molecule has 0 radical (unpaired) electrons. The molecule has 3 rings (SSSR count). The van der Waals surface area contributed by atoms with Gasteiger partial charge in [-0.15, -0.1) is 0 Å². The highest BCUT2D eigenvalue weighted by atomic mass is 16.8. The summed E-state index contributed by atoms with van der Waals surface area (Å²) >= 11 is 0. The van der Waals surface area contributed by atoms with Gasteiger partial charge in [-0.05, 0) is 33.8 Å². The minimum atomic E-state index is -0.790. The molecule has 1 N–H and O–H groups in total. The molecule has 0 aromatic heterocycles. The smallest absolute Gasteiger partial charge is 0.254 e. The van der Waals surface area contributed by atoms with Crippen LogP contribution in [0.4, 0.5) is 0 Å². The molecule has 3 heterocycles. The Balaban J connectivity index is 1.80. The molecule has 3 aliphatic heterocycles. The van der Waals surface area contributed by atoms with E-state index in [9.17, 15) is 9.59 Å². The molecule has 3 aliphatic rings. The lowest BCUT2D eigenvalue weighted by Gasteiger charge is -2.23. The highest BCUT2D eigenvalue weighted by Gasteiger charge is 2.49. The van der Waals surface area contributed by atoms with Gasteiger partial charge < -0.3 is 18.9 Å². The van der Waals surface area contributed by atoms with Gasteiger partial charge in [0, 0.05) is 5.57 Å². The van der Waals surface area contributed by atoms with Crippen LogP contribution in [0.25, 0.3) is 0 Å². The molecule has 0 spiro atoms. The van der Waals surface area contributed by atoms with Crippen molar-refractivity contribution in [2.24, 2.45) is 0 Å². The van der Waals surface area contributed by atoms with Crippen LogP contribution in [0, 0.1) is 0 Å². The summed E-state index contributed by atoms with van der Waals surface area (Å²) in [6.07, 6.45) is 0.573. The van der Waals surface area contributed by atoms with Gasteiger partial charge in [-0.25, -0.2) is 0 Å². The zero-order valence-corrected chi connectivity index (χ0v) is 13.2. The molecular weight excluding hydrogens is 290 g/mol. The number of rotatable bonds is 2. The lowest BCUT2D eigenvalue weighted by Crippen LogP contribution is -2.37. The second-order valence-corrected chi connectivity index (χ2v) is 6.68. The quantitative estimate of drug-likeness (QED) is 0.595. The first kappa shape index (κ1) is 15.6. The van der Waals surface area contributed by atoms with Crippen LogP contribution in [-0.4, -0.2) is 48.3 Å². The summed E-state index contributed by atoms with van der Waals surface area (Å²) in [5, 5.41) is 2.26. The number of hydrogen-bond acceptors (Lipinski definition) is 6. The molecule has 122 valence electrons. The predicted octanol–water partition coefficient (Wildman–Crippen LogP) is 0.631. The summed E-state index contributed by atoms with van der Waals surface area (Å²) < 4.78 is 23.2. The summed E-state index contributed by atoms with van der Waals surface area (Å²) in [4.78, 5) is 23.0. The fourth-order valence-corrected chi connectivity index (χ4v) is 2.95. The second kappa shape index (κ2) is 5.13. The first-order chi connectivity index (χ1) is 10.2. The van der Waals surface area contributed by atoms with Crippen molar-refractivity contribution in [1.82, 2.24) is 5.32 Å². The van der Waals surface area contributed by atoms with Gasteiger partial charge in [0.05, 0.1) is 13.0 Å². The van der Waals surface area contributed by atoms with Gasteiger partial charge in [0.1, 0.15) is 18.3 Å². The fraction of sp³-hybridized carbons (Fsp3) is 0.733. The maximum Gasteiger partial charge on any atom is 0.254 e. The van der Waals surface area contributed by atoms with E-state index in [0.717, 1.165) is 0 Å². The van der Waals surface area contributed by atoms with Crippen LogP contribution in [0.5, 0.6) is 0 Å². The number of amides is 2. The lowest BCUT2D eigenvalue weighted by atomic mass is 10.0. The van der Waals surface area contributed by atoms with Crippen molar-refractivity contribution < 1.29 is 28.5 Å². The van der Waals surface area contributed by atoms with E-state index >= 15 is 0 Å². The molecule has 0 aromatic rings. The Kier molecular flexibility index (Phi) is 3.64. The highest BCUT2D eigenvalue weighted by Crippen LogP contribution is 2.36. The Labute approximate surface area is 128 Å². The molecule has 3 saturated heterocycles. The molecular formula is C15H21NO6. The van der Waals surface area contributed by atoms with Crippen LogP contribution in [-0.2, 0) is 28.5 Å². The summed E-state index contributed by atoms with van der Waals surface area (Å²) in [7, 11) is 0. The van der Waals surface area contributed by atoms with E-state index in [2.05, 4.69) is 5.32 Å². The Morgan fingerprint density at radius 3 is 2.36 bits per heavy atom. The third-order valence-electron chi connectivity index (χ3n) is 3.82. The third kappa shape index (κ3) is 3.08. The zero-order valence-electron chi connectivity index (χ0n) is 13.2. The van der Waals surface area contributed by atoms with Crippen molar-refractivity contribution in [3.8, 4) is 0 Å². The Morgan fingerprint density at radius 1 is 1.09 bits per heavy atom. The summed E-state index contributed by atoms with van der Waals surface area (Å²) in [6.45, 7) is 7.68. The normalized spacial score (nSPS) is 38.7. The van der Waals surface area contributed by atoms with E-state index in [0.29, 0.717) is 12.2 Å². The van der Waals surface area contributed by atoms with Gasteiger partial charge in [0.25, 0.3) is 5.91 Å². The van der Waals surface area contributed by atoms with E-state index in [4.69, 9.17) is 18.9 Å². The van der Waals surface area contributed by atoms with Crippen LogP contribution in [0.3, 0.4) is 0 Å². The van der Waals surface area contributed by atoms with Crippen LogP contribution in [0.1, 0.15) is 34.1 Å². The largest absolute Gasteiger partial charge is 0.348 e. The topological polar surface area (TPSA) is 83.1 Å². The van der Waals surface area contributed by atoms with E-state index in [1.54, 1.807) is 19.9 Å². The molecule has 7 nitrogen and oxygen atoms in total. The first-order valence-corrected chi connectivity index (χ1v) is 7.37. The van der Waals surface area contributed by atoms with Crippen molar-refractivity contribution in [3.05, 3.63) is 11.6 Å². The zero-order chi connectivity index (χ0) is 16.1. The lowest BCUT2D eigenvalue weighted by molar-refractivity contribution is -0.174. The Hall–Kier alpha value is -1.28.